The van der Waals surface area contributed by atoms with E-state index in [9.17, 15) is 18.3 Å². The van der Waals surface area contributed by atoms with Gasteiger partial charge in [0.1, 0.15) is 23.1 Å². The molecule has 1 nitrogen and oxygen atoms in total. The summed E-state index contributed by atoms with van der Waals surface area (Å²) in [4.78, 5) is 0. The van der Waals surface area contributed by atoms with Crippen LogP contribution in [0, 0.1) is 17.5 Å². The number of rotatable bonds is 4. The van der Waals surface area contributed by atoms with Crippen molar-refractivity contribution in [3.8, 4) is 0 Å². The fourth-order valence-electron chi connectivity index (χ4n) is 2.03. The molecule has 1 N–H and O–H groups in total. The average molecular weight is 301 g/mol. The Balaban J connectivity index is 2.43. The molecule has 0 bridgehead atoms. The van der Waals surface area contributed by atoms with E-state index in [-0.39, 0.29) is 23.4 Å². The van der Waals surface area contributed by atoms with Gasteiger partial charge in [0.25, 0.3) is 0 Å². The molecule has 1 unspecified atom stereocenters. The largest absolute Gasteiger partial charge is 0.383 e. The molecule has 0 spiro atoms. The summed E-state index contributed by atoms with van der Waals surface area (Å²) >= 11 is 5.71. The molecule has 20 heavy (non-hydrogen) atoms. The van der Waals surface area contributed by atoms with Gasteiger partial charge in [0.15, 0.2) is 0 Å². The summed E-state index contributed by atoms with van der Waals surface area (Å²) in [6.07, 6.45) is -0.246. The fourth-order valence-corrected chi connectivity index (χ4v) is 2.26. The zero-order valence-corrected chi connectivity index (χ0v) is 11.2. The SMILES string of the molecule is OC(CCl)(Cc1ccccc1F)c1cc(F)ccc1F. The lowest BCUT2D eigenvalue weighted by Crippen LogP contribution is -2.32. The van der Waals surface area contributed by atoms with E-state index >= 15 is 0 Å². The van der Waals surface area contributed by atoms with Gasteiger partial charge >= 0.3 is 0 Å². The molecular formula is C15H12ClF3O. The van der Waals surface area contributed by atoms with Crippen molar-refractivity contribution in [3.63, 3.8) is 0 Å². The maximum Gasteiger partial charge on any atom is 0.129 e. The molecule has 1 atom stereocenters. The van der Waals surface area contributed by atoms with Crippen LogP contribution in [0.1, 0.15) is 11.1 Å². The van der Waals surface area contributed by atoms with Gasteiger partial charge in [0.2, 0.25) is 0 Å². The van der Waals surface area contributed by atoms with Gasteiger partial charge in [0, 0.05) is 12.0 Å². The first-order valence-electron chi connectivity index (χ1n) is 5.93. The van der Waals surface area contributed by atoms with E-state index in [1.807, 2.05) is 0 Å². The molecule has 0 radical (unpaired) electrons. The lowest BCUT2D eigenvalue weighted by molar-refractivity contribution is 0.0563. The Hall–Kier alpha value is -1.52. The molecule has 0 heterocycles. The van der Waals surface area contributed by atoms with E-state index in [0.717, 1.165) is 18.2 Å². The lowest BCUT2D eigenvalue weighted by atomic mass is 9.88. The highest BCUT2D eigenvalue weighted by Crippen LogP contribution is 2.30. The third-order valence-corrected chi connectivity index (χ3v) is 3.53. The Kier molecular flexibility index (Phi) is 4.35. The highest BCUT2D eigenvalue weighted by atomic mass is 35.5. The van der Waals surface area contributed by atoms with Gasteiger partial charge in [-0.1, -0.05) is 18.2 Å². The van der Waals surface area contributed by atoms with Gasteiger partial charge in [-0.05, 0) is 29.8 Å². The third kappa shape index (κ3) is 2.97. The maximum atomic E-state index is 13.8. The molecule has 2 rings (SSSR count). The van der Waals surface area contributed by atoms with Gasteiger partial charge < -0.3 is 5.11 Å². The lowest BCUT2D eigenvalue weighted by Gasteiger charge is -2.27. The number of alkyl halides is 1. The van der Waals surface area contributed by atoms with Crippen LogP contribution in [-0.2, 0) is 12.0 Å². The smallest absolute Gasteiger partial charge is 0.129 e. The zero-order valence-electron chi connectivity index (χ0n) is 10.4. The summed E-state index contributed by atoms with van der Waals surface area (Å²) in [5.74, 6) is -2.40. The van der Waals surface area contributed by atoms with Gasteiger partial charge in [-0.3, -0.25) is 0 Å². The molecule has 2 aromatic carbocycles. The second-order valence-corrected chi connectivity index (χ2v) is 4.82. The highest BCUT2D eigenvalue weighted by molar-refractivity contribution is 6.18. The summed E-state index contributed by atoms with van der Waals surface area (Å²) in [5, 5.41) is 10.5. The second kappa shape index (κ2) is 5.85. The molecule has 0 aliphatic heterocycles. The number of aliphatic hydroxyl groups is 1. The molecule has 0 amide bonds. The van der Waals surface area contributed by atoms with Gasteiger partial charge in [0.05, 0.1) is 5.88 Å². The van der Waals surface area contributed by atoms with E-state index in [2.05, 4.69) is 0 Å². The first kappa shape index (κ1) is 14.9. The average Bonchev–Trinajstić information content (AvgIpc) is 2.44. The van der Waals surface area contributed by atoms with Crippen LogP contribution < -0.4 is 0 Å². The van der Waals surface area contributed by atoms with E-state index < -0.39 is 23.1 Å². The monoisotopic (exact) mass is 300 g/mol. The molecule has 2 aromatic rings. The van der Waals surface area contributed by atoms with Gasteiger partial charge in [-0.15, -0.1) is 11.6 Å². The van der Waals surface area contributed by atoms with Crippen molar-refractivity contribution in [2.45, 2.75) is 12.0 Å². The number of benzene rings is 2. The summed E-state index contributed by atoms with van der Waals surface area (Å²) in [6, 6.07) is 8.50. The first-order valence-corrected chi connectivity index (χ1v) is 6.47. The number of halogens is 4. The van der Waals surface area contributed by atoms with E-state index in [1.54, 1.807) is 6.07 Å². The van der Waals surface area contributed by atoms with Crippen LogP contribution in [0.2, 0.25) is 0 Å². The Morgan fingerprint density at radius 1 is 1.00 bits per heavy atom. The zero-order chi connectivity index (χ0) is 14.8. The van der Waals surface area contributed by atoms with E-state index in [0.29, 0.717) is 0 Å². The summed E-state index contributed by atoms with van der Waals surface area (Å²) < 4.78 is 40.6. The normalized spacial score (nSPS) is 14.1. The predicted molar refractivity (Wildman–Crippen MR) is 71.1 cm³/mol. The van der Waals surface area contributed by atoms with Crippen LogP contribution in [-0.4, -0.2) is 11.0 Å². The van der Waals surface area contributed by atoms with Crippen molar-refractivity contribution in [3.05, 3.63) is 71.0 Å². The second-order valence-electron chi connectivity index (χ2n) is 4.56. The van der Waals surface area contributed by atoms with Crippen LogP contribution in [0.25, 0.3) is 0 Å². The predicted octanol–water partition coefficient (Wildman–Crippen LogP) is 3.77. The maximum absolute atomic E-state index is 13.8. The van der Waals surface area contributed by atoms with Crippen LogP contribution >= 0.6 is 11.6 Å². The molecule has 106 valence electrons. The standard InChI is InChI=1S/C15H12ClF3O/c16-9-15(20,8-10-3-1-2-4-13(10)18)12-7-11(17)5-6-14(12)19/h1-7,20H,8-9H2. The minimum atomic E-state index is -1.88. The Morgan fingerprint density at radius 2 is 1.70 bits per heavy atom. The Morgan fingerprint density at radius 3 is 2.35 bits per heavy atom. The van der Waals surface area contributed by atoms with Crippen LogP contribution in [0.5, 0.6) is 0 Å². The molecule has 0 aromatic heterocycles. The number of hydrogen-bond donors (Lipinski definition) is 1. The third-order valence-electron chi connectivity index (χ3n) is 3.09. The topological polar surface area (TPSA) is 20.2 Å². The minimum absolute atomic E-state index is 0.180. The highest BCUT2D eigenvalue weighted by Gasteiger charge is 2.33. The molecule has 0 saturated carbocycles. The minimum Gasteiger partial charge on any atom is -0.383 e. The Bertz CT molecular complexity index is 618. The van der Waals surface area contributed by atoms with E-state index in [4.69, 9.17) is 11.6 Å². The molecular weight excluding hydrogens is 289 g/mol. The molecule has 0 fully saturated rings. The molecule has 0 aliphatic rings. The molecule has 5 heteroatoms. The van der Waals surface area contributed by atoms with Gasteiger partial charge in [-0.2, -0.15) is 0 Å². The quantitative estimate of drug-likeness (QED) is 0.852. The van der Waals surface area contributed by atoms with Crippen molar-refractivity contribution >= 4 is 11.6 Å². The first-order chi connectivity index (χ1) is 9.46. The van der Waals surface area contributed by atoms with Crippen molar-refractivity contribution in [1.29, 1.82) is 0 Å². The summed E-state index contributed by atoms with van der Waals surface area (Å²) in [7, 11) is 0. The molecule has 0 aliphatic carbocycles. The van der Waals surface area contributed by atoms with Crippen molar-refractivity contribution in [1.82, 2.24) is 0 Å². The van der Waals surface area contributed by atoms with Crippen LogP contribution in [0.15, 0.2) is 42.5 Å². The van der Waals surface area contributed by atoms with Crippen molar-refractivity contribution in [2.75, 3.05) is 5.88 Å². The Labute approximate surface area is 119 Å². The number of hydrogen-bond acceptors (Lipinski definition) is 1. The van der Waals surface area contributed by atoms with Crippen molar-refractivity contribution in [2.24, 2.45) is 0 Å². The van der Waals surface area contributed by atoms with Crippen LogP contribution in [0.3, 0.4) is 0 Å². The van der Waals surface area contributed by atoms with Crippen LogP contribution in [0.4, 0.5) is 13.2 Å². The van der Waals surface area contributed by atoms with Gasteiger partial charge in [-0.25, -0.2) is 13.2 Å². The molecule has 0 saturated heterocycles. The van der Waals surface area contributed by atoms with E-state index in [1.165, 1.54) is 18.2 Å². The summed E-state index contributed by atoms with van der Waals surface area (Å²) in [6.45, 7) is 0. The van der Waals surface area contributed by atoms with Crippen molar-refractivity contribution < 1.29 is 18.3 Å². The summed E-state index contributed by atoms with van der Waals surface area (Å²) in [5.41, 5.74) is -1.98. The fraction of sp³-hybridized carbons (Fsp3) is 0.200.